The molecule has 5 nitrogen and oxygen atoms in total. The van der Waals surface area contributed by atoms with Crippen molar-refractivity contribution in [2.45, 2.75) is 13.0 Å². The second-order valence-electron chi connectivity index (χ2n) is 4.20. The van der Waals surface area contributed by atoms with E-state index in [9.17, 15) is 4.79 Å². The minimum Gasteiger partial charge on any atom is -0.326 e. The number of hydrogen-bond acceptors (Lipinski definition) is 5. The summed E-state index contributed by atoms with van der Waals surface area (Å²) >= 11 is 1.31. The third-order valence-electron chi connectivity index (χ3n) is 2.95. The summed E-state index contributed by atoms with van der Waals surface area (Å²) in [5.74, 6) is -0.00594. The van der Waals surface area contributed by atoms with Crippen LogP contribution in [0.4, 0.5) is 5.69 Å². The maximum absolute atomic E-state index is 11.3. The number of amides is 1. The highest BCUT2D eigenvalue weighted by Crippen LogP contribution is 2.32. The summed E-state index contributed by atoms with van der Waals surface area (Å²) in [5, 5.41) is 12.7. The van der Waals surface area contributed by atoms with Crippen LogP contribution in [0.15, 0.2) is 18.2 Å². The third kappa shape index (κ3) is 1.99. The molecular formula is C13H10N4OS. The van der Waals surface area contributed by atoms with Gasteiger partial charge in [-0.1, -0.05) is 6.07 Å². The highest BCUT2D eigenvalue weighted by molar-refractivity contribution is 7.12. The van der Waals surface area contributed by atoms with Gasteiger partial charge in [0.25, 0.3) is 0 Å². The molecule has 3 rings (SSSR count). The molecule has 2 heterocycles. The molecule has 3 N–H and O–H groups in total. The van der Waals surface area contributed by atoms with E-state index in [0.29, 0.717) is 23.5 Å². The fourth-order valence-electron chi connectivity index (χ4n) is 2.10. The van der Waals surface area contributed by atoms with Crippen LogP contribution in [-0.4, -0.2) is 10.9 Å². The van der Waals surface area contributed by atoms with E-state index < -0.39 is 0 Å². The Balaban J connectivity index is 2.09. The van der Waals surface area contributed by atoms with Crippen LogP contribution in [-0.2, 0) is 17.8 Å². The number of nitrogens with two attached hydrogens (primary N) is 1. The lowest BCUT2D eigenvalue weighted by Gasteiger charge is -2.02. The van der Waals surface area contributed by atoms with Gasteiger partial charge in [0.2, 0.25) is 5.91 Å². The van der Waals surface area contributed by atoms with Gasteiger partial charge in [0.1, 0.15) is 16.0 Å². The maximum atomic E-state index is 11.3. The zero-order valence-electron chi connectivity index (χ0n) is 9.93. The Bertz CT molecular complexity index is 714. The van der Waals surface area contributed by atoms with Crippen molar-refractivity contribution < 1.29 is 4.79 Å². The van der Waals surface area contributed by atoms with Crippen LogP contribution >= 0.6 is 11.3 Å². The van der Waals surface area contributed by atoms with E-state index in [1.54, 1.807) is 0 Å². The van der Waals surface area contributed by atoms with Crippen LogP contribution in [0.1, 0.15) is 15.4 Å². The number of aromatic nitrogens is 1. The average Bonchev–Trinajstić information content (AvgIpc) is 2.99. The zero-order chi connectivity index (χ0) is 13.4. The molecule has 0 aliphatic carbocycles. The molecule has 6 heteroatoms. The van der Waals surface area contributed by atoms with E-state index in [1.807, 2.05) is 18.2 Å². The highest BCUT2D eigenvalue weighted by atomic mass is 32.1. The summed E-state index contributed by atoms with van der Waals surface area (Å²) < 4.78 is 0. The Labute approximate surface area is 113 Å². The predicted octanol–water partition coefficient (Wildman–Crippen LogP) is 1.64. The quantitative estimate of drug-likeness (QED) is 0.867. The van der Waals surface area contributed by atoms with Crippen molar-refractivity contribution in [3.63, 3.8) is 0 Å². The molecule has 0 saturated carbocycles. The van der Waals surface area contributed by atoms with E-state index in [1.165, 1.54) is 11.3 Å². The van der Waals surface area contributed by atoms with Crippen molar-refractivity contribution in [1.29, 1.82) is 5.26 Å². The van der Waals surface area contributed by atoms with E-state index in [0.717, 1.165) is 21.8 Å². The molecule has 1 aromatic heterocycles. The highest BCUT2D eigenvalue weighted by Gasteiger charge is 2.19. The van der Waals surface area contributed by atoms with Crippen molar-refractivity contribution >= 4 is 22.9 Å². The van der Waals surface area contributed by atoms with Gasteiger partial charge in [0.05, 0.1) is 12.1 Å². The second-order valence-corrected chi connectivity index (χ2v) is 5.28. The molecule has 0 saturated heterocycles. The number of nitriles is 1. The first kappa shape index (κ1) is 11.8. The Morgan fingerprint density at radius 3 is 3.11 bits per heavy atom. The van der Waals surface area contributed by atoms with Crippen molar-refractivity contribution in [2.24, 2.45) is 5.73 Å². The molecule has 1 amide bonds. The van der Waals surface area contributed by atoms with Gasteiger partial charge in [-0.2, -0.15) is 5.26 Å². The lowest BCUT2D eigenvalue weighted by molar-refractivity contribution is -0.115. The van der Waals surface area contributed by atoms with E-state index in [2.05, 4.69) is 16.4 Å². The largest absolute Gasteiger partial charge is 0.326 e. The molecule has 19 heavy (non-hydrogen) atoms. The molecule has 0 radical (unpaired) electrons. The van der Waals surface area contributed by atoms with Gasteiger partial charge in [-0.25, -0.2) is 4.98 Å². The first-order valence-electron chi connectivity index (χ1n) is 5.74. The fraction of sp³-hybridized carbons (Fsp3) is 0.154. The van der Waals surface area contributed by atoms with Gasteiger partial charge in [-0.15, -0.1) is 11.3 Å². The first-order chi connectivity index (χ1) is 9.21. The molecule has 0 atom stereocenters. The second kappa shape index (κ2) is 4.46. The number of carbonyl (C=O) groups excluding carboxylic acids is 1. The minimum absolute atomic E-state index is 0.00594. The Morgan fingerprint density at radius 1 is 1.53 bits per heavy atom. The first-order valence-corrected chi connectivity index (χ1v) is 6.56. The molecule has 0 fully saturated rings. The molecule has 1 aliphatic heterocycles. The maximum Gasteiger partial charge on any atom is 0.228 e. The van der Waals surface area contributed by atoms with Gasteiger partial charge in [-0.05, 0) is 17.7 Å². The van der Waals surface area contributed by atoms with Crippen LogP contribution in [0.3, 0.4) is 0 Å². The number of rotatable bonds is 2. The summed E-state index contributed by atoms with van der Waals surface area (Å²) in [6, 6.07) is 7.76. The van der Waals surface area contributed by atoms with Crippen molar-refractivity contribution in [3.05, 3.63) is 33.6 Å². The number of thiazole rings is 1. The van der Waals surface area contributed by atoms with E-state index in [4.69, 9.17) is 11.0 Å². The standard InChI is InChI=1S/C13H10N4OS/c14-5-10-13(17-12(6-15)19-10)7-1-2-9-8(3-7)4-11(18)16-9/h1-3H,4,6,15H2,(H,16,18). The minimum atomic E-state index is -0.00594. The van der Waals surface area contributed by atoms with Crippen LogP contribution in [0, 0.1) is 11.3 Å². The molecule has 2 aromatic rings. The Kier molecular flexibility index (Phi) is 2.78. The number of benzene rings is 1. The molecule has 0 unspecified atom stereocenters. The van der Waals surface area contributed by atoms with Gasteiger partial charge < -0.3 is 11.1 Å². The monoisotopic (exact) mass is 270 g/mol. The van der Waals surface area contributed by atoms with E-state index in [-0.39, 0.29) is 5.91 Å². The third-order valence-corrected chi connectivity index (χ3v) is 3.93. The predicted molar refractivity (Wildman–Crippen MR) is 72.5 cm³/mol. The number of hydrogen-bond donors (Lipinski definition) is 2. The Hall–Kier alpha value is -2.23. The lowest BCUT2D eigenvalue weighted by Crippen LogP contribution is -2.03. The van der Waals surface area contributed by atoms with Crippen LogP contribution in [0.25, 0.3) is 11.3 Å². The molecule has 0 spiro atoms. The van der Waals surface area contributed by atoms with Gasteiger partial charge >= 0.3 is 0 Å². The summed E-state index contributed by atoms with van der Waals surface area (Å²) in [4.78, 5) is 16.3. The summed E-state index contributed by atoms with van der Waals surface area (Å²) in [5.41, 5.74) is 8.83. The van der Waals surface area contributed by atoms with Crippen molar-refractivity contribution in [1.82, 2.24) is 4.98 Å². The summed E-state index contributed by atoms with van der Waals surface area (Å²) in [6.45, 7) is 0.324. The SMILES string of the molecule is N#Cc1sc(CN)nc1-c1ccc2c(c1)CC(=O)N2. The molecule has 94 valence electrons. The average molecular weight is 270 g/mol. The van der Waals surface area contributed by atoms with Gasteiger partial charge in [-0.3, -0.25) is 4.79 Å². The van der Waals surface area contributed by atoms with Gasteiger partial charge in [0, 0.05) is 17.8 Å². The van der Waals surface area contributed by atoms with Gasteiger partial charge in [0.15, 0.2) is 0 Å². The topological polar surface area (TPSA) is 91.8 Å². The fourth-order valence-corrected chi connectivity index (χ4v) is 2.86. The number of carbonyl (C=O) groups is 1. The lowest BCUT2D eigenvalue weighted by atomic mass is 10.1. The van der Waals surface area contributed by atoms with Crippen LogP contribution < -0.4 is 11.1 Å². The number of fused-ring (bicyclic) bond motifs is 1. The number of nitrogens with zero attached hydrogens (tertiary/aromatic N) is 2. The number of nitrogens with one attached hydrogen (secondary N) is 1. The molecule has 0 bridgehead atoms. The number of anilines is 1. The molecule has 1 aromatic carbocycles. The summed E-state index contributed by atoms with van der Waals surface area (Å²) in [6.07, 6.45) is 0.374. The van der Waals surface area contributed by atoms with Crippen molar-refractivity contribution in [2.75, 3.05) is 5.32 Å². The Morgan fingerprint density at radius 2 is 2.37 bits per heavy atom. The van der Waals surface area contributed by atoms with Crippen molar-refractivity contribution in [3.8, 4) is 17.3 Å². The summed E-state index contributed by atoms with van der Waals surface area (Å²) in [7, 11) is 0. The molecule has 1 aliphatic rings. The van der Waals surface area contributed by atoms with Crippen LogP contribution in [0.5, 0.6) is 0 Å². The van der Waals surface area contributed by atoms with Crippen LogP contribution in [0.2, 0.25) is 0 Å². The smallest absolute Gasteiger partial charge is 0.228 e. The molecular weight excluding hydrogens is 260 g/mol. The van der Waals surface area contributed by atoms with E-state index >= 15 is 0 Å². The normalized spacial score (nSPS) is 12.9. The zero-order valence-corrected chi connectivity index (χ0v) is 10.8.